The van der Waals surface area contributed by atoms with Gasteiger partial charge in [0.25, 0.3) is 0 Å². The second-order valence-corrected chi connectivity index (χ2v) is 7.63. The SMILES string of the molecule is CCc1ccc([C@@H]2[C@H](S(C)(=O)=O)C2(CN)CN)cc1. The van der Waals surface area contributed by atoms with Gasteiger partial charge in [0.05, 0.1) is 5.25 Å². The molecule has 0 radical (unpaired) electrons. The van der Waals surface area contributed by atoms with Crippen LogP contribution in [0.25, 0.3) is 0 Å². The van der Waals surface area contributed by atoms with Crippen LogP contribution < -0.4 is 11.5 Å². The van der Waals surface area contributed by atoms with Crippen molar-refractivity contribution in [3.63, 3.8) is 0 Å². The Bertz CT molecular complexity index is 547. The molecule has 0 aliphatic heterocycles. The lowest BCUT2D eigenvalue weighted by atomic mass is 9.98. The van der Waals surface area contributed by atoms with Crippen LogP contribution in [0.15, 0.2) is 24.3 Å². The average Bonchev–Trinajstić information content (AvgIpc) is 3.09. The fourth-order valence-corrected chi connectivity index (χ4v) is 5.20. The topological polar surface area (TPSA) is 86.2 Å². The molecule has 0 unspecified atom stereocenters. The second kappa shape index (κ2) is 4.89. The first kappa shape index (κ1) is 14.5. The number of aryl methyl sites for hydroxylation is 1. The van der Waals surface area contributed by atoms with Gasteiger partial charge in [0.15, 0.2) is 9.84 Å². The Kier molecular flexibility index (Phi) is 3.73. The number of hydrogen-bond donors (Lipinski definition) is 2. The van der Waals surface area contributed by atoms with E-state index in [2.05, 4.69) is 6.92 Å². The van der Waals surface area contributed by atoms with E-state index >= 15 is 0 Å². The van der Waals surface area contributed by atoms with Gasteiger partial charge in [-0.25, -0.2) is 8.42 Å². The predicted molar refractivity (Wildman–Crippen MR) is 77.7 cm³/mol. The summed E-state index contributed by atoms with van der Waals surface area (Å²) in [6, 6.07) is 8.11. The minimum Gasteiger partial charge on any atom is -0.330 e. The summed E-state index contributed by atoms with van der Waals surface area (Å²) in [4.78, 5) is 0. The summed E-state index contributed by atoms with van der Waals surface area (Å²) in [6.45, 7) is 2.71. The second-order valence-electron chi connectivity index (χ2n) is 5.46. The van der Waals surface area contributed by atoms with Crippen LogP contribution in [0.1, 0.15) is 24.0 Å². The van der Waals surface area contributed by atoms with E-state index in [0.717, 1.165) is 12.0 Å². The van der Waals surface area contributed by atoms with Crippen LogP contribution in [0, 0.1) is 5.41 Å². The Morgan fingerprint density at radius 3 is 2.00 bits per heavy atom. The van der Waals surface area contributed by atoms with Crippen LogP contribution >= 0.6 is 0 Å². The molecule has 0 amide bonds. The zero-order valence-corrected chi connectivity index (χ0v) is 12.3. The van der Waals surface area contributed by atoms with Gasteiger partial charge in [-0.1, -0.05) is 31.2 Å². The third-order valence-electron chi connectivity index (χ3n) is 4.35. The summed E-state index contributed by atoms with van der Waals surface area (Å²) in [6.07, 6.45) is 2.25. The first-order chi connectivity index (χ1) is 8.90. The molecule has 106 valence electrons. The van der Waals surface area contributed by atoms with Crippen molar-refractivity contribution in [3.8, 4) is 0 Å². The molecule has 0 heterocycles. The van der Waals surface area contributed by atoms with Crippen molar-refractivity contribution in [1.82, 2.24) is 0 Å². The van der Waals surface area contributed by atoms with Crippen LogP contribution in [-0.2, 0) is 16.3 Å². The van der Waals surface area contributed by atoms with Gasteiger partial charge in [0.1, 0.15) is 0 Å². The van der Waals surface area contributed by atoms with Gasteiger partial charge in [0.2, 0.25) is 0 Å². The average molecular weight is 282 g/mol. The van der Waals surface area contributed by atoms with E-state index in [9.17, 15) is 8.42 Å². The quantitative estimate of drug-likeness (QED) is 0.831. The van der Waals surface area contributed by atoms with Crippen molar-refractivity contribution < 1.29 is 8.42 Å². The van der Waals surface area contributed by atoms with Gasteiger partial charge < -0.3 is 11.5 Å². The Morgan fingerprint density at radius 2 is 1.68 bits per heavy atom. The zero-order chi connectivity index (χ0) is 14.3. The van der Waals surface area contributed by atoms with Crippen molar-refractivity contribution in [2.24, 2.45) is 16.9 Å². The zero-order valence-electron chi connectivity index (χ0n) is 11.5. The van der Waals surface area contributed by atoms with Crippen molar-refractivity contribution in [1.29, 1.82) is 0 Å². The maximum absolute atomic E-state index is 11.9. The van der Waals surface area contributed by atoms with Gasteiger partial charge in [-0.05, 0) is 17.5 Å². The lowest BCUT2D eigenvalue weighted by molar-refractivity contribution is 0.511. The lowest BCUT2D eigenvalue weighted by Gasteiger charge is -2.12. The molecular formula is C14H22N2O2S. The molecule has 1 saturated carbocycles. The van der Waals surface area contributed by atoms with E-state index in [-0.39, 0.29) is 5.92 Å². The molecule has 0 saturated heterocycles. The van der Waals surface area contributed by atoms with E-state index < -0.39 is 20.5 Å². The fourth-order valence-electron chi connectivity index (χ4n) is 3.16. The predicted octanol–water partition coefficient (Wildman–Crippen LogP) is 0.663. The lowest BCUT2D eigenvalue weighted by Crippen LogP contribution is -2.31. The van der Waals surface area contributed by atoms with E-state index in [0.29, 0.717) is 13.1 Å². The van der Waals surface area contributed by atoms with Gasteiger partial charge in [0, 0.05) is 30.7 Å². The summed E-state index contributed by atoms with van der Waals surface area (Å²) < 4.78 is 23.8. The monoisotopic (exact) mass is 282 g/mol. The van der Waals surface area contributed by atoms with Crippen LogP contribution in [0.5, 0.6) is 0 Å². The van der Waals surface area contributed by atoms with Gasteiger partial charge in [-0.2, -0.15) is 0 Å². The maximum Gasteiger partial charge on any atom is 0.151 e. The first-order valence-electron chi connectivity index (χ1n) is 6.58. The van der Waals surface area contributed by atoms with Crippen molar-refractivity contribution in [2.75, 3.05) is 19.3 Å². The maximum atomic E-state index is 11.9. The molecule has 0 aromatic heterocycles. The van der Waals surface area contributed by atoms with Crippen LogP contribution in [0.2, 0.25) is 0 Å². The van der Waals surface area contributed by atoms with Gasteiger partial charge in [-0.3, -0.25) is 0 Å². The normalized spacial score (nSPS) is 25.3. The molecular weight excluding hydrogens is 260 g/mol. The molecule has 1 fully saturated rings. The van der Waals surface area contributed by atoms with Crippen molar-refractivity contribution in [2.45, 2.75) is 24.5 Å². The van der Waals surface area contributed by atoms with Crippen LogP contribution in [0.3, 0.4) is 0 Å². The summed E-state index contributed by atoms with van der Waals surface area (Å²) >= 11 is 0. The molecule has 0 bridgehead atoms. The molecule has 1 aromatic carbocycles. The van der Waals surface area contributed by atoms with E-state index in [1.807, 2.05) is 24.3 Å². The third kappa shape index (κ3) is 2.30. The van der Waals surface area contributed by atoms with Gasteiger partial charge >= 0.3 is 0 Å². The largest absolute Gasteiger partial charge is 0.330 e. The molecule has 19 heavy (non-hydrogen) atoms. The highest BCUT2D eigenvalue weighted by atomic mass is 32.2. The highest BCUT2D eigenvalue weighted by molar-refractivity contribution is 7.91. The number of benzene rings is 1. The summed E-state index contributed by atoms with van der Waals surface area (Å²) in [5.74, 6) is -0.0663. The smallest absolute Gasteiger partial charge is 0.151 e. The third-order valence-corrected chi connectivity index (χ3v) is 6.01. The van der Waals surface area contributed by atoms with E-state index in [1.54, 1.807) is 0 Å². The molecule has 4 N–H and O–H groups in total. The first-order valence-corrected chi connectivity index (χ1v) is 8.54. The molecule has 1 aromatic rings. The Morgan fingerprint density at radius 1 is 1.16 bits per heavy atom. The molecule has 2 rings (SSSR count). The van der Waals surface area contributed by atoms with Crippen LogP contribution in [-0.4, -0.2) is 33.0 Å². The van der Waals surface area contributed by atoms with E-state index in [1.165, 1.54) is 11.8 Å². The fraction of sp³-hybridized carbons (Fsp3) is 0.571. The molecule has 2 atom stereocenters. The molecule has 1 aliphatic carbocycles. The Labute approximate surface area is 115 Å². The van der Waals surface area contributed by atoms with Crippen molar-refractivity contribution in [3.05, 3.63) is 35.4 Å². The number of sulfone groups is 1. The summed E-state index contributed by atoms with van der Waals surface area (Å²) in [5.41, 5.74) is 13.4. The van der Waals surface area contributed by atoms with E-state index in [4.69, 9.17) is 11.5 Å². The minimum absolute atomic E-state index is 0.0663. The molecule has 4 nitrogen and oxygen atoms in total. The Hall–Kier alpha value is -0.910. The minimum atomic E-state index is -3.13. The standard InChI is InChI=1S/C14H22N2O2S/c1-3-10-4-6-11(7-5-10)12-13(19(2,17)18)14(12,8-15)9-16/h4-7,12-13H,3,8-9,15-16H2,1-2H3/t12-,13+/m1/s1. The molecule has 1 aliphatic rings. The molecule has 5 heteroatoms. The van der Waals surface area contributed by atoms with Gasteiger partial charge in [-0.15, -0.1) is 0 Å². The number of hydrogen-bond acceptors (Lipinski definition) is 4. The highest BCUT2D eigenvalue weighted by Gasteiger charge is 2.68. The van der Waals surface area contributed by atoms with Crippen LogP contribution in [0.4, 0.5) is 0 Å². The number of rotatable bonds is 5. The number of nitrogens with two attached hydrogens (primary N) is 2. The Balaban J connectivity index is 2.37. The highest BCUT2D eigenvalue weighted by Crippen LogP contribution is 2.61. The summed E-state index contributed by atoms with van der Waals surface area (Å²) in [5, 5.41) is -0.442. The summed E-state index contributed by atoms with van der Waals surface area (Å²) in [7, 11) is -3.13. The molecule has 0 spiro atoms. The van der Waals surface area contributed by atoms with Crippen molar-refractivity contribution >= 4 is 9.84 Å².